The summed E-state index contributed by atoms with van der Waals surface area (Å²) in [5, 5.41) is 5.58. The summed E-state index contributed by atoms with van der Waals surface area (Å²) in [6, 6.07) is 7.77. The third-order valence-corrected chi connectivity index (χ3v) is 4.93. The summed E-state index contributed by atoms with van der Waals surface area (Å²) in [7, 11) is 1.97. The summed E-state index contributed by atoms with van der Waals surface area (Å²) in [5.41, 5.74) is 2.30. The van der Waals surface area contributed by atoms with Gasteiger partial charge in [0, 0.05) is 23.7 Å². The predicted octanol–water partition coefficient (Wildman–Crippen LogP) is 2.75. The van der Waals surface area contributed by atoms with Gasteiger partial charge in [0.25, 0.3) is 0 Å². The second-order valence-electron chi connectivity index (χ2n) is 6.19. The van der Waals surface area contributed by atoms with Crippen LogP contribution >= 0.6 is 11.8 Å². The zero-order chi connectivity index (χ0) is 19.1. The summed E-state index contributed by atoms with van der Waals surface area (Å²) in [6.45, 7) is 5.19. The van der Waals surface area contributed by atoms with Crippen molar-refractivity contribution in [1.82, 2.24) is 15.5 Å². The molecule has 2 N–H and O–H groups in total. The molecule has 2 amide bonds. The lowest BCUT2D eigenvalue weighted by Crippen LogP contribution is -2.51. The fourth-order valence-corrected chi connectivity index (χ4v) is 3.36. The number of likely N-dealkylation sites (N-methyl/N-ethyl adjacent to an activating group) is 1. The van der Waals surface area contributed by atoms with Crippen molar-refractivity contribution in [2.45, 2.75) is 37.8 Å². The molecule has 1 atom stereocenters. The Morgan fingerprint density at radius 3 is 2.50 bits per heavy atom. The van der Waals surface area contributed by atoms with Crippen molar-refractivity contribution in [1.29, 1.82) is 0 Å². The first-order valence-electron chi connectivity index (χ1n) is 8.77. The Morgan fingerprint density at radius 1 is 1.23 bits per heavy atom. The average molecular weight is 378 g/mol. The number of nitrogens with one attached hydrogen (secondary N) is 2. The number of benzene rings is 1. The molecule has 1 aliphatic heterocycles. The largest absolute Gasteiger partial charge is 0.463 e. The summed E-state index contributed by atoms with van der Waals surface area (Å²) in [4.78, 5) is 27.6. The Labute approximate surface area is 159 Å². The molecule has 26 heavy (non-hydrogen) atoms. The number of rotatable bonds is 8. The van der Waals surface area contributed by atoms with Gasteiger partial charge in [-0.05, 0) is 44.3 Å². The van der Waals surface area contributed by atoms with Crippen LogP contribution in [0.2, 0.25) is 0 Å². The number of ether oxygens (including phenoxy) is 1. The number of hydrogen-bond acceptors (Lipinski definition) is 5. The number of carbonyl (C=O) groups excluding carboxylic acids is 2. The first kappa shape index (κ1) is 20.3. The van der Waals surface area contributed by atoms with Gasteiger partial charge in [-0.3, -0.25) is 4.90 Å². The van der Waals surface area contributed by atoms with Crippen LogP contribution in [0.1, 0.15) is 25.8 Å². The third-order valence-electron chi connectivity index (χ3n) is 4.19. The van der Waals surface area contributed by atoms with Gasteiger partial charge >= 0.3 is 12.0 Å². The molecule has 1 aromatic carbocycles. The molecule has 1 aliphatic rings. The molecule has 0 aliphatic carbocycles. The molecule has 0 fully saturated rings. The van der Waals surface area contributed by atoms with Crippen LogP contribution in [-0.4, -0.2) is 49.4 Å². The summed E-state index contributed by atoms with van der Waals surface area (Å²) in [5.74, 6) is -0.375. The third kappa shape index (κ3) is 5.25. The van der Waals surface area contributed by atoms with E-state index in [9.17, 15) is 9.59 Å². The number of thioether (sulfide) groups is 1. The fourth-order valence-electron chi connectivity index (χ4n) is 2.95. The smallest absolute Gasteiger partial charge is 0.337 e. The van der Waals surface area contributed by atoms with Gasteiger partial charge in [-0.1, -0.05) is 19.1 Å². The molecule has 0 unspecified atom stereocenters. The number of carbonyl (C=O) groups is 2. The lowest BCUT2D eigenvalue weighted by atomic mass is 10.00. The van der Waals surface area contributed by atoms with E-state index in [1.54, 1.807) is 18.7 Å². The van der Waals surface area contributed by atoms with Crippen molar-refractivity contribution in [3.8, 4) is 0 Å². The van der Waals surface area contributed by atoms with Crippen LogP contribution in [0.15, 0.2) is 40.4 Å². The van der Waals surface area contributed by atoms with E-state index in [-0.39, 0.29) is 18.0 Å². The number of nitrogens with zero attached hydrogens (tertiary/aromatic N) is 1. The van der Waals surface area contributed by atoms with Gasteiger partial charge < -0.3 is 15.4 Å². The number of amides is 2. The molecule has 2 rings (SSSR count). The Morgan fingerprint density at radius 2 is 1.92 bits per heavy atom. The van der Waals surface area contributed by atoms with Crippen molar-refractivity contribution < 1.29 is 14.3 Å². The Kier molecular flexibility index (Phi) is 7.53. The molecule has 1 aromatic rings. The van der Waals surface area contributed by atoms with Crippen molar-refractivity contribution >= 4 is 23.8 Å². The van der Waals surface area contributed by atoms with Gasteiger partial charge in [-0.2, -0.15) is 0 Å². The Bertz CT molecular complexity index is 673. The van der Waals surface area contributed by atoms with Crippen LogP contribution in [0, 0.1) is 0 Å². The van der Waals surface area contributed by atoms with E-state index in [0.29, 0.717) is 37.4 Å². The highest BCUT2D eigenvalue weighted by molar-refractivity contribution is 7.98. The van der Waals surface area contributed by atoms with Gasteiger partial charge in [0.1, 0.15) is 0 Å². The average Bonchev–Trinajstić information content (AvgIpc) is 2.61. The molecular weight excluding hydrogens is 350 g/mol. The van der Waals surface area contributed by atoms with Gasteiger partial charge in [-0.15, -0.1) is 11.8 Å². The zero-order valence-electron chi connectivity index (χ0n) is 15.8. The van der Waals surface area contributed by atoms with Crippen LogP contribution in [0.25, 0.3) is 0 Å². The first-order chi connectivity index (χ1) is 12.5. The standard InChI is InChI=1S/C19H27N3O3S/c1-5-15-17(18(23)25-6-2)16(21-19(24)20-15)12-22(3)11-13-7-9-14(26-4)10-8-13/h7-10,15H,5-6,11-12H2,1-4H3,(H2,20,21,24)/t15-/m1/s1. The first-order valence-corrected chi connectivity index (χ1v) is 10.00. The quantitative estimate of drug-likeness (QED) is 0.538. The van der Waals surface area contributed by atoms with Crippen LogP contribution < -0.4 is 10.6 Å². The van der Waals surface area contributed by atoms with Crippen molar-refractivity contribution in [2.24, 2.45) is 0 Å². The van der Waals surface area contributed by atoms with Gasteiger partial charge in [0.15, 0.2) is 0 Å². The highest BCUT2D eigenvalue weighted by Gasteiger charge is 2.31. The van der Waals surface area contributed by atoms with Crippen LogP contribution in [0.5, 0.6) is 0 Å². The molecule has 0 spiro atoms. The van der Waals surface area contributed by atoms with E-state index in [1.807, 2.05) is 14.0 Å². The minimum Gasteiger partial charge on any atom is -0.463 e. The van der Waals surface area contributed by atoms with Crippen molar-refractivity contribution in [3.63, 3.8) is 0 Å². The molecule has 0 aromatic heterocycles. The van der Waals surface area contributed by atoms with E-state index in [0.717, 1.165) is 0 Å². The number of urea groups is 1. The highest BCUT2D eigenvalue weighted by Crippen LogP contribution is 2.19. The van der Waals surface area contributed by atoms with E-state index < -0.39 is 0 Å². The zero-order valence-corrected chi connectivity index (χ0v) is 16.6. The maximum atomic E-state index is 12.4. The molecule has 0 saturated carbocycles. The molecule has 6 nitrogen and oxygen atoms in total. The summed E-state index contributed by atoms with van der Waals surface area (Å²) < 4.78 is 5.20. The monoisotopic (exact) mass is 377 g/mol. The molecule has 0 saturated heterocycles. The highest BCUT2D eigenvalue weighted by atomic mass is 32.2. The number of hydrogen-bond donors (Lipinski definition) is 2. The van der Waals surface area contributed by atoms with Gasteiger partial charge in [-0.25, -0.2) is 9.59 Å². The van der Waals surface area contributed by atoms with Gasteiger partial charge in [0.05, 0.1) is 18.2 Å². The summed E-state index contributed by atoms with van der Waals surface area (Å²) in [6.07, 6.45) is 2.68. The Balaban J connectivity index is 2.17. The minimum atomic E-state index is -0.375. The molecule has 142 valence electrons. The van der Waals surface area contributed by atoms with Crippen molar-refractivity contribution in [2.75, 3.05) is 26.5 Å². The van der Waals surface area contributed by atoms with Crippen molar-refractivity contribution in [3.05, 3.63) is 41.1 Å². The maximum Gasteiger partial charge on any atom is 0.337 e. The molecule has 0 radical (unpaired) electrons. The van der Waals surface area contributed by atoms with E-state index in [1.165, 1.54) is 10.5 Å². The maximum absolute atomic E-state index is 12.4. The molecule has 0 bridgehead atoms. The lowest BCUT2D eigenvalue weighted by Gasteiger charge is -2.30. The van der Waals surface area contributed by atoms with Crippen LogP contribution in [-0.2, 0) is 16.1 Å². The second kappa shape index (κ2) is 9.64. The second-order valence-corrected chi connectivity index (χ2v) is 7.07. The predicted molar refractivity (Wildman–Crippen MR) is 104 cm³/mol. The van der Waals surface area contributed by atoms with Gasteiger partial charge in [0.2, 0.25) is 0 Å². The molecule has 1 heterocycles. The fraction of sp³-hybridized carbons (Fsp3) is 0.474. The molecule has 7 heteroatoms. The van der Waals surface area contributed by atoms with Crippen LogP contribution in [0.3, 0.4) is 0 Å². The minimum absolute atomic E-state index is 0.280. The van der Waals surface area contributed by atoms with E-state index in [4.69, 9.17) is 4.74 Å². The number of esters is 1. The van der Waals surface area contributed by atoms with Crippen LogP contribution in [0.4, 0.5) is 4.79 Å². The topological polar surface area (TPSA) is 70.7 Å². The SMILES string of the molecule is CCOC(=O)C1=C(CN(C)Cc2ccc(SC)cc2)NC(=O)N[C@@H]1CC. The summed E-state index contributed by atoms with van der Waals surface area (Å²) >= 11 is 1.71. The van der Waals surface area contributed by atoms with E-state index in [2.05, 4.69) is 46.1 Å². The lowest BCUT2D eigenvalue weighted by molar-refractivity contribution is -0.139. The van der Waals surface area contributed by atoms with E-state index >= 15 is 0 Å². The normalized spacial score (nSPS) is 17.1. The molecular formula is C19H27N3O3S. The Hall–Kier alpha value is -1.99.